The van der Waals surface area contributed by atoms with Crippen LogP contribution in [-0.2, 0) is 13.6 Å². The van der Waals surface area contributed by atoms with E-state index in [0.717, 1.165) is 0 Å². The molecule has 0 fully saturated rings. The molecule has 0 N–H and O–H groups in total. The third-order valence-electron chi connectivity index (χ3n) is 1.31. The summed E-state index contributed by atoms with van der Waals surface area (Å²) in [6.45, 7) is 7.73. The van der Waals surface area contributed by atoms with Crippen molar-refractivity contribution in [3.05, 3.63) is 12.2 Å². The fourth-order valence-corrected chi connectivity index (χ4v) is 1.88. The summed E-state index contributed by atoms with van der Waals surface area (Å²) in [5, 5.41) is 0. The van der Waals surface area contributed by atoms with Gasteiger partial charge in [0.05, 0.1) is 6.04 Å². The maximum absolute atomic E-state index is 11.2. The predicted octanol–water partition coefficient (Wildman–Crippen LogP) is 1.30. The molecule has 0 rings (SSSR count). The Kier molecular flexibility index (Phi) is 5.88. The van der Waals surface area contributed by atoms with Crippen molar-refractivity contribution in [1.29, 1.82) is 0 Å². The molecule has 4 heteroatoms. The van der Waals surface area contributed by atoms with Crippen molar-refractivity contribution in [2.75, 3.05) is 13.7 Å². The summed E-state index contributed by atoms with van der Waals surface area (Å²) in [6.07, 6.45) is 0. The van der Waals surface area contributed by atoms with Crippen LogP contribution in [0.2, 0.25) is 6.04 Å². The summed E-state index contributed by atoms with van der Waals surface area (Å²) in [6, 6.07) is 0.352. The Hall–Kier alpha value is -0.453. The molecule has 0 saturated carbocycles. The summed E-state index contributed by atoms with van der Waals surface area (Å²) < 4.78 is 10.3. The third-order valence-corrected chi connectivity index (χ3v) is 2.99. The molecule has 0 saturated heterocycles. The highest BCUT2D eigenvalue weighted by atomic mass is 28.3. The van der Waals surface area contributed by atoms with E-state index in [2.05, 4.69) is 6.58 Å². The van der Waals surface area contributed by atoms with Crippen LogP contribution in [0.25, 0.3) is 0 Å². The van der Waals surface area contributed by atoms with Gasteiger partial charge in [0, 0.05) is 13.7 Å². The first kappa shape index (κ1) is 11.5. The van der Waals surface area contributed by atoms with Gasteiger partial charge in [-0.3, -0.25) is 4.79 Å². The predicted molar refractivity (Wildman–Crippen MR) is 49.0 cm³/mol. The Morgan fingerprint density at radius 2 is 2.17 bits per heavy atom. The maximum atomic E-state index is 11.2. The molecule has 0 unspecified atom stereocenters. The standard InChI is InChI=1S/C8H15O3Si/c1-5-11-12(10-4)6-8(9)7(2)3/h2,5-6H2,1,3-4H3. The molecule has 0 aliphatic carbocycles. The number of carbonyl (C=O) groups excluding carboxylic acids is 1. The van der Waals surface area contributed by atoms with Gasteiger partial charge in [0.25, 0.3) is 0 Å². The first-order valence-electron chi connectivity index (χ1n) is 3.83. The van der Waals surface area contributed by atoms with Gasteiger partial charge in [0.1, 0.15) is 0 Å². The second-order valence-electron chi connectivity index (χ2n) is 2.39. The van der Waals surface area contributed by atoms with Crippen LogP contribution >= 0.6 is 0 Å². The third kappa shape index (κ3) is 4.43. The Labute approximate surface area is 75.2 Å². The molecule has 0 aromatic heterocycles. The first-order chi connectivity index (χ1) is 5.61. The molecule has 69 valence electrons. The van der Waals surface area contributed by atoms with E-state index in [4.69, 9.17) is 8.85 Å². The number of allylic oxidation sites excluding steroid dienone is 1. The summed E-state index contributed by atoms with van der Waals surface area (Å²) in [4.78, 5) is 11.2. The molecule has 0 spiro atoms. The lowest BCUT2D eigenvalue weighted by atomic mass is 10.2. The molecule has 0 amide bonds. The smallest absolute Gasteiger partial charge is 0.392 e. The van der Waals surface area contributed by atoms with Crippen LogP contribution < -0.4 is 0 Å². The summed E-state index contributed by atoms with van der Waals surface area (Å²) in [5.41, 5.74) is 0.564. The van der Waals surface area contributed by atoms with Gasteiger partial charge in [0.15, 0.2) is 5.78 Å². The number of ketones is 1. The van der Waals surface area contributed by atoms with E-state index in [0.29, 0.717) is 18.2 Å². The Bertz CT molecular complexity index is 168. The van der Waals surface area contributed by atoms with Crippen molar-refractivity contribution in [2.45, 2.75) is 19.9 Å². The minimum atomic E-state index is -1.39. The fourth-order valence-electron chi connectivity index (χ4n) is 0.625. The van der Waals surface area contributed by atoms with Gasteiger partial charge in [-0.25, -0.2) is 0 Å². The topological polar surface area (TPSA) is 35.5 Å². The van der Waals surface area contributed by atoms with Crippen molar-refractivity contribution in [2.24, 2.45) is 0 Å². The van der Waals surface area contributed by atoms with E-state index in [1.165, 1.54) is 0 Å². The summed E-state index contributed by atoms with van der Waals surface area (Å²) >= 11 is 0. The first-order valence-corrected chi connectivity index (χ1v) is 5.35. The van der Waals surface area contributed by atoms with Crippen molar-refractivity contribution in [1.82, 2.24) is 0 Å². The molecule has 0 heterocycles. The molecule has 0 aliphatic heterocycles. The maximum Gasteiger partial charge on any atom is 0.392 e. The Morgan fingerprint density at radius 1 is 1.58 bits per heavy atom. The lowest BCUT2D eigenvalue weighted by molar-refractivity contribution is -0.113. The lowest BCUT2D eigenvalue weighted by Gasteiger charge is -2.09. The van der Waals surface area contributed by atoms with Gasteiger partial charge in [-0.15, -0.1) is 0 Å². The largest absolute Gasteiger partial charge is 0.396 e. The fraction of sp³-hybridized carbons (Fsp3) is 0.625. The van der Waals surface area contributed by atoms with Gasteiger partial charge >= 0.3 is 9.28 Å². The van der Waals surface area contributed by atoms with Crippen molar-refractivity contribution < 1.29 is 13.6 Å². The second kappa shape index (κ2) is 6.11. The van der Waals surface area contributed by atoms with E-state index < -0.39 is 9.28 Å². The van der Waals surface area contributed by atoms with E-state index in [-0.39, 0.29) is 5.78 Å². The van der Waals surface area contributed by atoms with Crippen LogP contribution in [0.15, 0.2) is 12.2 Å². The van der Waals surface area contributed by atoms with Gasteiger partial charge in [-0.2, -0.15) is 0 Å². The normalized spacial score (nSPS) is 10.3. The summed E-state index contributed by atoms with van der Waals surface area (Å²) in [5.74, 6) is 0.0270. The zero-order valence-corrected chi connectivity index (χ0v) is 8.85. The number of hydrogen-bond donors (Lipinski definition) is 0. The SMILES string of the molecule is C=C(C)C(=O)C[Si](OC)OCC. The highest BCUT2D eigenvalue weighted by molar-refractivity contribution is 6.50. The van der Waals surface area contributed by atoms with Crippen molar-refractivity contribution in [3.8, 4) is 0 Å². The molecule has 1 radical (unpaired) electrons. The van der Waals surface area contributed by atoms with Crippen LogP contribution in [0.4, 0.5) is 0 Å². The van der Waals surface area contributed by atoms with Crippen LogP contribution in [0.1, 0.15) is 13.8 Å². The molecule has 0 aromatic carbocycles. The Morgan fingerprint density at radius 3 is 2.50 bits per heavy atom. The summed E-state index contributed by atoms with van der Waals surface area (Å²) in [7, 11) is 0.176. The number of Topliss-reactive ketones (excluding diaryl/α,β-unsaturated/α-hetero) is 1. The molecular weight excluding hydrogens is 172 g/mol. The van der Waals surface area contributed by atoms with E-state index in [9.17, 15) is 4.79 Å². The van der Waals surface area contributed by atoms with Crippen LogP contribution in [-0.4, -0.2) is 28.8 Å². The van der Waals surface area contributed by atoms with Gasteiger partial charge in [-0.1, -0.05) is 6.58 Å². The van der Waals surface area contributed by atoms with Gasteiger partial charge in [-0.05, 0) is 19.4 Å². The molecule has 0 aromatic rings. The number of carbonyl (C=O) groups is 1. The minimum absolute atomic E-state index is 0.0270. The highest BCUT2D eigenvalue weighted by Gasteiger charge is 2.18. The molecular formula is C8H15O3Si. The van der Waals surface area contributed by atoms with Crippen LogP contribution in [0, 0.1) is 0 Å². The monoisotopic (exact) mass is 187 g/mol. The Balaban J connectivity index is 3.85. The molecule has 0 bridgehead atoms. The van der Waals surface area contributed by atoms with E-state index in [1.807, 2.05) is 6.92 Å². The molecule has 0 aliphatic rings. The number of rotatable bonds is 6. The molecule has 0 atom stereocenters. The van der Waals surface area contributed by atoms with E-state index >= 15 is 0 Å². The average molecular weight is 187 g/mol. The lowest BCUT2D eigenvalue weighted by Crippen LogP contribution is -2.24. The number of hydrogen-bond acceptors (Lipinski definition) is 3. The quantitative estimate of drug-likeness (QED) is 0.464. The highest BCUT2D eigenvalue weighted by Crippen LogP contribution is 2.02. The van der Waals surface area contributed by atoms with Crippen LogP contribution in [0.3, 0.4) is 0 Å². The van der Waals surface area contributed by atoms with Crippen LogP contribution in [0.5, 0.6) is 0 Å². The zero-order chi connectivity index (χ0) is 9.56. The molecule has 12 heavy (non-hydrogen) atoms. The minimum Gasteiger partial charge on any atom is -0.396 e. The average Bonchev–Trinajstić information content (AvgIpc) is 2.03. The van der Waals surface area contributed by atoms with Crippen molar-refractivity contribution in [3.63, 3.8) is 0 Å². The zero-order valence-electron chi connectivity index (χ0n) is 7.85. The van der Waals surface area contributed by atoms with E-state index in [1.54, 1.807) is 14.0 Å². The second-order valence-corrected chi connectivity index (χ2v) is 4.18. The van der Waals surface area contributed by atoms with Crippen molar-refractivity contribution >= 4 is 15.1 Å². The van der Waals surface area contributed by atoms with Gasteiger partial charge in [0.2, 0.25) is 0 Å². The van der Waals surface area contributed by atoms with Gasteiger partial charge < -0.3 is 8.85 Å². The molecule has 3 nitrogen and oxygen atoms in total.